The van der Waals surface area contributed by atoms with Crippen molar-refractivity contribution in [3.63, 3.8) is 0 Å². The van der Waals surface area contributed by atoms with Crippen LogP contribution in [-0.4, -0.2) is 48.7 Å². The van der Waals surface area contributed by atoms with Crippen LogP contribution in [-0.2, 0) is 6.42 Å². The van der Waals surface area contributed by atoms with Crippen molar-refractivity contribution >= 4 is 11.7 Å². The highest BCUT2D eigenvalue weighted by atomic mass is 16.5. The van der Waals surface area contributed by atoms with E-state index in [0.29, 0.717) is 18.0 Å². The average molecular weight is 368 g/mol. The molecule has 0 bridgehead atoms. The third kappa shape index (κ3) is 3.67. The molecule has 1 fully saturated rings. The minimum absolute atomic E-state index is 0.0152. The van der Waals surface area contributed by atoms with Crippen molar-refractivity contribution < 1.29 is 14.3 Å². The fourth-order valence-corrected chi connectivity index (χ4v) is 3.67. The summed E-state index contributed by atoms with van der Waals surface area (Å²) in [6.07, 6.45) is 4.50. The molecule has 2 aromatic heterocycles. The van der Waals surface area contributed by atoms with Crippen molar-refractivity contribution in [2.75, 3.05) is 31.6 Å². The molecule has 0 radical (unpaired) electrons. The quantitative estimate of drug-likeness (QED) is 0.891. The molecule has 27 heavy (non-hydrogen) atoms. The zero-order valence-corrected chi connectivity index (χ0v) is 15.7. The summed E-state index contributed by atoms with van der Waals surface area (Å²) in [5.41, 5.74) is 2.67. The van der Waals surface area contributed by atoms with E-state index in [2.05, 4.69) is 15.2 Å². The second-order valence-electron chi connectivity index (χ2n) is 6.97. The molecule has 1 saturated heterocycles. The largest absolute Gasteiger partial charge is 0.489 e. The second-order valence-corrected chi connectivity index (χ2v) is 6.97. The Hall–Kier alpha value is -2.83. The summed E-state index contributed by atoms with van der Waals surface area (Å²) in [5.74, 6) is 2.33. The van der Waals surface area contributed by atoms with Crippen LogP contribution in [0.5, 0.6) is 11.6 Å². The summed E-state index contributed by atoms with van der Waals surface area (Å²) >= 11 is 0. The van der Waals surface area contributed by atoms with E-state index in [1.165, 1.54) is 0 Å². The van der Waals surface area contributed by atoms with E-state index in [1.807, 2.05) is 19.1 Å². The van der Waals surface area contributed by atoms with Crippen molar-refractivity contribution in [3.8, 4) is 11.6 Å². The van der Waals surface area contributed by atoms with E-state index >= 15 is 0 Å². The Bertz CT molecular complexity index is 830. The van der Waals surface area contributed by atoms with E-state index < -0.39 is 0 Å². The number of piperidine rings is 1. The minimum Gasteiger partial charge on any atom is -0.489 e. The summed E-state index contributed by atoms with van der Waals surface area (Å²) in [5, 5.41) is 2.88. The number of aromatic nitrogens is 2. The molecule has 7 nitrogen and oxygen atoms in total. The number of nitrogens with one attached hydrogen (secondary N) is 1. The molecule has 4 heterocycles. The molecule has 0 spiro atoms. The van der Waals surface area contributed by atoms with Gasteiger partial charge in [0.1, 0.15) is 17.7 Å². The number of amides is 1. The van der Waals surface area contributed by atoms with Crippen molar-refractivity contribution in [1.29, 1.82) is 0 Å². The van der Waals surface area contributed by atoms with Gasteiger partial charge in [0.05, 0.1) is 24.6 Å². The number of aryl methyl sites for hydroxylation is 1. The lowest BCUT2D eigenvalue weighted by atomic mass is 10.0. The smallest absolute Gasteiger partial charge is 0.253 e. The van der Waals surface area contributed by atoms with Gasteiger partial charge in [-0.3, -0.25) is 4.79 Å². The van der Waals surface area contributed by atoms with E-state index in [1.54, 1.807) is 19.4 Å². The third-order valence-electron chi connectivity index (χ3n) is 5.12. The maximum absolute atomic E-state index is 12.0. The number of pyridine rings is 2. The number of fused-ring (bicyclic) bond motifs is 1. The molecule has 4 rings (SSSR count). The number of carbonyl (C=O) groups is 1. The van der Waals surface area contributed by atoms with Crippen LogP contribution in [0.2, 0.25) is 0 Å². The Morgan fingerprint density at radius 2 is 2.07 bits per heavy atom. The van der Waals surface area contributed by atoms with Gasteiger partial charge in [0.2, 0.25) is 5.88 Å². The summed E-state index contributed by atoms with van der Waals surface area (Å²) < 4.78 is 11.1. The predicted molar refractivity (Wildman–Crippen MR) is 102 cm³/mol. The number of ether oxygens (including phenoxy) is 2. The van der Waals surface area contributed by atoms with Crippen molar-refractivity contribution in [2.24, 2.45) is 0 Å². The van der Waals surface area contributed by atoms with Gasteiger partial charge in [-0.25, -0.2) is 9.97 Å². The molecule has 0 atom stereocenters. The number of hydrogen-bond acceptors (Lipinski definition) is 6. The van der Waals surface area contributed by atoms with Crippen LogP contribution in [0.1, 0.15) is 34.5 Å². The fourth-order valence-electron chi connectivity index (χ4n) is 3.67. The SMILES string of the molecule is COc1ccc(OC2CCN(c3nc4c(cc3C)C(=O)NCC4)CC2)cn1. The Morgan fingerprint density at radius 1 is 1.26 bits per heavy atom. The Kier molecular flexibility index (Phi) is 4.83. The highest BCUT2D eigenvalue weighted by molar-refractivity contribution is 5.96. The van der Waals surface area contributed by atoms with E-state index in [0.717, 1.165) is 55.2 Å². The van der Waals surface area contributed by atoms with Crippen LogP contribution in [0.15, 0.2) is 24.4 Å². The first-order chi connectivity index (χ1) is 13.1. The number of hydrogen-bond donors (Lipinski definition) is 1. The number of nitrogens with zero attached hydrogens (tertiary/aromatic N) is 3. The maximum Gasteiger partial charge on any atom is 0.253 e. The van der Waals surface area contributed by atoms with Crippen molar-refractivity contribution in [2.45, 2.75) is 32.3 Å². The van der Waals surface area contributed by atoms with Gasteiger partial charge in [-0.1, -0.05) is 0 Å². The van der Waals surface area contributed by atoms with Crippen LogP contribution in [0.4, 0.5) is 5.82 Å². The number of methoxy groups -OCH3 is 1. The summed E-state index contributed by atoms with van der Waals surface area (Å²) in [6, 6.07) is 5.66. The van der Waals surface area contributed by atoms with Gasteiger partial charge >= 0.3 is 0 Å². The topological polar surface area (TPSA) is 76.6 Å². The van der Waals surface area contributed by atoms with Gasteiger partial charge in [0.15, 0.2) is 0 Å². The summed E-state index contributed by atoms with van der Waals surface area (Å²) in [4.78, 5) is 23.3. The Morgan fingerprint density at radius 3 is 2.78 bits per heavy atom. The third-order valence-corrected chi connectivity index (χ3v) is 5.12. The zero-order chi connectivity index (χ0) is 18.8. The first-order valence-electron chi connectivity index (χ1n) is 9.34. The molecule has 0 saturated carbocycles. The van der Waals surface area contributed by atoms with Gasteiger partial charge < -0.3 is 19.7 Å². The molecule has 142 valence electrons. The molecule has 2 aliphatic heterocycles. The lowest BCUT2D eigenvalue weighted by Crippen LogP contribution is -2.40. The molecule has 0 unspecified atom stereocenters. The molecule has 7 heteroatoms. The van der Waals surface area contributed by atoms with Crippen molar-refractivity contribution in [3.05, 3.63) is 41.2 Å². The standard InChI is InChI=1S/C20H24N4O3/c1-13-11-16-17(5-8-21-20(16)25)23-19(13)24-9-6-14(7-10-24)27-15-3-4-18(26-2)22-12-15/h3-4,11-12,14H,5-10H2,1-2H3,(H,21,25). The van der Waals surface area contributed by atoms with Gasteiger partial charge in [0.25, 0.3) is 5.91 Å². The molecule has 1 amide bonds. The van der Waals surface area contributed by atoms with E-state index in [-0.39, 0.29) is 12.0 Å². The van der Waals surface area contributed by atoms with Crippen molar-refractivity contribution in [1.82, 2.24) is 15.3 Å². The van der Waals surface area contributed by atoms with Crippen LogP contribution in [0.25, 0.3) is 0 Å². The lowest BCUT2D eigenvalue weighted by molar-refractivity contribution is 0.0945. The minimum atomic E-state index is -0.0152. The van der Waals surface area contributed by atoms with Crippen LogP contribution >= 0.6 is 0 Å². The lowest BCUT2D eigenvalue weighted by Gasteiger charge is -2.34. The summed E-state index contributed by atoms with van der Waals surface area (Å²) in [7, 11) is 1.60. The monoisotopic (exact) mass is 368 g/mol. The van der Waals surface area contributed by atoms with E-state index in [9.17, 15) is 4.79 Å². The molecular formula is C20H24N4O3. The second kappa shape index (κ2) is 7.42. The Balaban J connectivity index is 1.41. The van der Waals surface area contributed by atoms with Gasteiger partial charge in [-0.05, 0) is 24.6 Å². The summed E-state index contributed by atoms with van der Waals surface area (Å²) in [6.45, 7) is 4.45. The molecule has 0 aromatic carbocycles. The maximum atomic E-state index is 12.0. The normalized spacial score (nSPS) is 17.3. The number of anilines is 1. The highest BCUT2D eigenvalue weighted by Crippen LogP contribution is 2.27. The van der Waals surface area contributed by atoms with Crippen LogP contribution < -0.4 is 19.7 Å². The van der Waals surface area contributed by atoms with Crippen LogP contribution in [0.3, 0.4) is 0 Å². The molecule has 0 aliphatic carbocycles. The van der Waals surface area contributed by atoms with Crippen LogP contribution in [0, 0.1) is 6.92 Å². The van der Waals surface area contributed by atoms with Gasteiger partial charge in [-0.15, -0.1) is 0 Å². The molecular weight excluding hydrogens is 344 g/mol. The number of rotatable bonds is 4. The highest BCUT2D eigenvalue weighted by Gasteiger charge is 2.25. The zero-order valence-electron chi connectivity index (χ0n) is 15.7. The van der Waals surface area contributed by atoms with Gasteiger partial charge in [-0.2, -0.15) is 0 Å². The average Bonchev–Trinajstić information content (AvgIpc) is 2.70. The first-order valence-corrected chi connectivity index (χ1v) is 9.34. The molecule has 2 aromatic rings. The van der Waals surface area contributed by atoms with E-state index in [4.69, 9.17) is 14.5 Å². The van der Waals surface area contributed by atoms with Gasteiger partial charge in [0, 0.05) is 45.0 Å². The molecule has 1 N–H and O–H groups in total. The Labute approximate surface area is 158 Å². The number of carbonyl (C=O) groups excluding carboxylic acids is 1. The first kappa shape index (κ1) is 17.6. The predicted octanol–water partition coefficient (Wildman–Crippen LogP) is 2.13. The fraction of sp³-hybridized carbons (Fsp3) is 0.450. The molecule has 2 aliphatic rings.